The fourth-order valence-corrected chi connectivity index (χ4v) is 9.11. The second-order valence-electron chi connectivity index (χ2n) is 12.7. The van der Waals surface area contributed by atoms with E-state index >= 15 is 0 Å². The standard InChI is InChI=1S/C35H30BrCl2N5O5/c1-41(2)22-10-6-20(7-11-22)39-40-21-8-12-23(13-9-21)43-30(45)26-15-14-25-27(28(26)31(43)46)17-34(37)32(47)42(18-36)33(48)35(34,38)29(25)19-4-3-5-24(44)16-19/h3-14,16,26-29,44H,15,17-18H2,1-2H3. The van der Waals surface area contributed by atoms with Gasteiger partial charge in [-0.3, -0.25) is 29.0 Å². The van der Waals surface area contributed by atoms with Gasteiger partial charge in [0.1, 0.15) is 5.75 Å². The molecular formula is C35H30BrCl2N5O5. The largest absolute Gasteiger partial charge is 0.508 e. The van der Waals surface area contributed by atoms with E-state index in [0.29, 0.717) is 28.2 Å². The van der Waals surface area contributed by atoms with Gasteiger partial charge in [0.2, 0.25) is 11.8 Å². The Morgan fingerprint density at radius 3 is 2.15 bits per heavy atom. The fraction of sp³-hybridized carbons (Fsp3) is 0.314. The van der Waals surface area contributed by atoms with Gasteiger partial charge in [-0.05, 0) is 85.0 Å². The van der Waals surface area contributed by atoms with Crippen LogP contribution in [0, 0.1) is 17.8 Å². The summed E-state index contributed by atoms with van der Waals surface area (Å²) in [5.74, 6) is -5.28. The van der Waals surface area contributed by atoms with Gasteiger partial charge in [0.15, 0.2) is 9.75 Å². The molecule has 6 atom stereocenters. The Kier molecular flexibility index (Phi) is 8.00. The maximum absolute atomic E-state index is 14.3. The third-order valence-electron chi connectivity index (χ3n) is 9.97. The molecule has 48 heavy (non-hydrogen) atoms. The Morgan fingerprint density at radius 2 is 1.54 bits per heavy atom. The van der Waals surface area contributed by atoms with Crippen LogP contribution in [-0.4, -0.2) is 62.9 Å². The molecular weight excluding hydrogens is 721 g/mol. The first-order valence-electron chi connectivity index (χ1n) is 15.4. The predicted molar refractivity (Wildman–Crippen MR) is 185 cm³/mol. The molecule has 246 valence electrons. The van der Waals surface area contributed by atoms with Crippen molar-refractivity contribution in [3.05, 3.63) is 90.0 Å². The van der Waals surface area contributed by atoms with Crippen LogP contribution >= 0.6 is 39.1 Å². The van der Waals surface area contributed by atoms with E-state index in [1.54, 1.807) is 36.4 Å². The molecule has 2 heterocycles. The first-order chi connectivity index (χ1) is 22.9. The van der Waals surface area contributed by atoms with E-state index in [2.05, 4.69) is 26.2 Å². The van der Waals surface area contributed by atoms with Crippen molar-refractivity contribution < 1.29 is 24.3 Å². The van der Waals surface area contributed by atoms with Crippen molar-refractivity contribution in [2.75, 3.05) is 29.3 Å². The average Bonchev–Trinajstić information content (AvgIpc) is 3.41. The van der Waals surface area contributed by atoms with Crippen LogP contribution in [0.1, 0.15) is 24.3 Å². The number of hydrogen-bond donors (Lipinski definition) is 1. The minimum atomic E-state index is -1.92. The highest BCUT2D eigenvalue weighted by Gasteiger charge is 2.76. The first kappa shape index (κ1) is 32.5. The molecule has 2 saturated heterocycles. The number of imide groups is 2. The lowest BCUT2D eigenvalue weighted by Crippen LogP contribution is -2.60. The number of anilines is 2. The number of phenols is 1. The molecule has 3 fully saturated rings. The lowest BCUT2D eigenvalue weighted by Gasteiger charge is -2.50. The van der Waals surface area contributed by atoms with E-state index in [4.69, 9.17) is 23.2 Å². The summed E-state index contributed by atoms with van der Waals surface area (Å²) in [6, 6.07) is 20.6. The number of allylic oxidation sites excluding steroid dienone is 2. The highest BCUT2D eigenvalue weighted by Crippen LogP contribution is 2.65. The van der Waals surface area contributed by atoms with E-state index in [1.165, 1.54) is 17.0 Å². The number of phenolic OH excluding ortho intramolecular Hbond substituents is 1. The number of fused-ring (bicyclic) bond motifs is 4. The number of azo groups is 1. The number of likely N-dealkylation sites (tertiary alicyclic amines) is 1. The van der Waals surface area contributed by atoms with Gasteiger partial charge in [-0.15, -0.1) is 23.2 Å². The van der Waals surface area contributed by atoms with Crippen molar-refractivity contribution in [3.8, 4) is 5.75 Å². The van der Waals surface area contributed by atoms with Crippen LogP contribution in [0.5, 0.6) is 5.75 Å². The summed E-state index contributed by atoms with van der Waals surface area (Å²) in [6.07, 6.45) is 1.98. The molecule has 3 aromatic carbocycles. The number of hydrogen-bond acceptors (Lipinski definition) is 8. The van der Waals surface area contributed by atoms with E-state index in [-0.39, 0.29) is 30.0 Å². The molecule has 10 nitrogen and oxygen atoms in total. The zero-order chi connectivity index (χ0) is 34.1. The highest BCUT2D eigenvalue weighted by atomic mass is 79.9. The summed E-state index contributed by atoms with van der Waals surface area (Å²) in [5.41, 5.74) is 3.67. The fourth-order valence-electron chi connectivity index (χ4n) is 7.69. The SMILES string of the molecule is CN(C)c1ccc(N=Nc2ccc(N3C(=O)C4CC=C5C(CC6(Cl)C(=O)N(CBr)C(=O)C6(Cl)C5c5cccc(O)c5)C4C3=O)cc2)cc1. The summed E-state index contributed by atoms with van der Waals surface area (Å²) in [5, 5.41) is 19.0. The lowest BCUT2D eigenvalue weighted by molar-refractivity contribution is -0.138. The van der Waals surface area contributed by atoms with Crippen LogP contribution in [0.3, 0.4) is 0 Å². The second kappa shape index (κ2) is 11.8. The number of alkyl halides is 3. The first-order valence-corrected chi connectivity index (χ1v) is 17.2. The van der Waals surface area contributed by atoms with Crippen molar-refractivity contribution in [2.45, 2.75) is 28.5 Å². The van der Waals surface area contributed by atoms with E-state index in [9.17, 15) is 24.3 Å². The van der Waals surface area contributed by atoms with Gasteiger partial charge in [-0.25, -0.2) is 0 Å². The molecule has 6 unspecified atom stereocenters. The zero-order valence-corrected chi connectivity index (χ0v) is 29.0. The summed E-state index contributed by atoms with van der Waals surface area (Å²) < 4.78 is 0. The lowest BCUT2D eigenvalue weighted by atomic mass is 9.56. The second-order valence-corrected chi connectivity index (χ2v) is 14.5. The van der Waals surface area contributed by atoms with Crippen LogP contribution in [-0.2, 0) is 19.2 Å². The number of halogens is 3. The van der Waals surface area contributed by atoms with Crippen molar-refractivity contribution in [2.24, 2.45) is 28.0 Å². The highest BCUT2D eigenvalue weighted by molar-refractivity contribution is 9.09. The van der Waals surface area contributed by atoms with Crippen LogP contribution in [0.25, 0.3) is 0 Å². The number of carbonyl (C=O) groups excluding carboxylic acids is 4. The molecule has 0 aromatic heterocycles. The Labute approximate surface area is 295 Å². The number of nitrogens with zero attached hydrogens (tertiary/aromatic N) is 5. The van der Waals surface area contributed by atoms with Crippen molar-refractivity contribution in [1.82, 2.24) is 4.90 Å². The van der Waals surface area contributed by atoms with Crippen molar-refractivity contribution in [1.29, 1.82) is 0 Å². The minimum Gasteiger partial charge on any atom is -0.508 e. The summed E-state index contributed by atoms with van der Waals surface area (Å²) in [6.45, 7) is 0. The monoisotopic (exact) mass is 749 g/mol. The number of benzene rings is 3. The van der Waals surface area contributed by atoms with Gasteiger partial charge >= 0.3 is 0 Å². The van der Waals surface area contributed by atoms with Gasteiger partial charge in [0, 0.05) is 25.7 Å². The van der Waals surface area contributed by atoms with Gasteiger partial charge in [-0.2, -0.15) is 10.2 Å². The summed E-state index contributed by atoms with van der Waals surface area (Å²) in [7, 11) is 3.91. The molecule has 1 N–H and O–H groups in total. The van der Waals surface area contributed by atoms with E-state index in [1.807, 2.05) is 49.3 Å². The molecule has 7 rings (SSSR count). The topological polar surface area (TPSA) is 123 Å². The molecule has 4 aliphatic rings. The number of aromatic hydroxyl groups is 1. The maximum Gasteiger partial charge on any atom is 0.254 e. The van der Waals surface area contributed by atoms with Crippen LogP contribution in [0.2, 0.25) is 0 Å². The summed E-state index contributed by atoms with van der Waals surface area (Å²) >= 11 is 17.7. The Bertz CT molecular complexity index is 1920. The summed E-state index contributed by atoms with van der Waals surface area (Å²) in [4.78, 5) is 56.1. The normalized spacial score (nSPS) is 29.6. The van der Waals surface area contributed by atoms with Crippen LogP contribution in [0.15, 0.2) is 94.7 Å². The van der Waals surface area contributed by atoms with Gasteiger partial charge in [0.25, 0.3) is 11.8 Å². The molecule has 2 aliphatic carbocycles. The maximum atomic E-state index is 14.3. The average molecular weight is 751 g/mol. The van der Waals surface area contributed by atoms with E-state index in [0.717, 1.165) is 10.6 Å². The molecule has 0 spiro atoms. The number of rotatable bonds is 6. The van der Waals surface area contributed by atoms with E-state index < -0.39 is 51.1 Å². The zero-order valence-electron chi connectivity index (χ0n) is 25.9. The molecule has 0 radical (unpaired) electrons. The Morgan fingerprint density at radius 1 is 0.896 bits per heavy atom. The van der Waals surface area contributed by atoms with Crippen LogP contribution in [0.4, 0.5) is 22.7 Å². The Hall–Kier alpha value is -4.06. The minimum absolute atomic E-state index is 0.0537. The molecule has 0 bridgehead atoms. The van der Waals surface area contributed by atoms with Crippen molar-refractivity contribution >= 4 is 85.5 Å². The predicted octanol–water partition coefficient (Wildman–Crippen LogP) is 6.79. The van der Waals surface area contributed by atoms with Crippen molar-refractivity contribution in [3.63, 3.8) is 0 Å². The molecule has 13 heteroatoms. The van der Waals surface area contributed by atoms with Gasteiger partial charge < -0.3 is 10.0 Å². The number of carbonyl (C=O) groups is 4. The number of amides is 4. The Balaban J connectivity index is 1.21. The van der Waals surface area contributed by atoms with Gasteiger partial charge in [0.05, 0.1) is 34.4 Å². The molecule has 4 amide bonds. The van der Waals surface area contributed by atoms with Gasteiger partial charge in [-0.1, -0.05) is 39.7 Å². The van der Waals surface area contributed by atoms with Crippen LogP contribution < -0.4 is 9.80 Å². The third kappa shape index (κ3) is 4.73. The molecule has 3 aromatic rings. The molecule has 1 saturated carbocycles. The smallest absolute Gasteiger partial charge is 0.254 e. The molecule has 2 aliphatic heterocycles. The third-order valence-corrected chi connectivity index (χ3v) is 11.9. The quantitative estimate of drug-likeness (QED) is 0.0974.